The molecule has 2 rings (SSSR count). The fourth-order valence-electron chi connectivity index (χ4n) is 1.96. The van der Waals surface area contributed by atoms with Gasteiger partial charge in [-0.25, -0.2) is 4.79 Å². The van der Waals surface area contributed by atoms with Crippen LogP contribution in [0.2, 0.25) is 5.02 Å². The van der Waals surface area contributed by atoms with Gasteiger partial charge in [-0.2, -0.15) is 0 Å². The van der Waals surface area contributed by atoms with Gasteiger partial charge < -0.3 is 15.2 Å². The summed E-state index contributed by atoms with van der Waals surface area (Å²) in [6.45, 7) is 1.12. The number of halogens is 1. The van der Waals surface area contributed by atoms with E-state index in [0.29, 0.717) is 18.9 Å². The van der Waals surface area contributed by atoms with Gasteiger partial charge in [-0.05, 0) is 31.0 Å². The fourth-order valence-corrected chi connectivity index (χ4v) is 2.22. The maximum Gasteiger partial charge on any atom is 0.337 e. The topological polar surface area (TPSA) is 75.6 Å². The number of rotatable bonds is 3. The van der Waals surface area contributed by atoms with Crippen molar-refractivity contribution < 1.29 is 19.4 Å². The van der Waals surface area contributed by atoms with Crippen molar-refractivity contribution in [3.8, 4) is 0 Å². The lowest BCUT2D eigenvalue weighted by molar-refractivity contribution is -0.123. The van der Waals surface area contributed by atoms with Crippen LogP contribution in [0.3, 0.4) is 0 Å². The van der Waals surface area contributed by atoms with E-state index in [9.17, 15) is 9.59 Å². The second-order valence-corrected chi connectivity index (χ2v) is 4.81. The summed E-state index contributed by atoms with van der Waals surface area (Å²) in [5, 5.41) is 11.7. The van der Waals surface area contributed by atoms with Crippen LogP contribution in [0.5, 0.6) is 0 Å². The Morgan fingerprint density at radius 3 is 2.79 bits per heavy atom. The number of benzene rings is 1. The molecule has 1 aromatic carbocycles. The SMILES string of the molecule is O=C(O)c1ccc(NC(=O)C2CCCOC2)cc1Cl. The number of amides is 1. The van der Waals surface area contributed by atoms with Gasteiger partial charge >= 0.3 is 5.97 Å². The van der Waals surface area contributed by atoms with Crippen molar-refractivity contribution in [2.75, 3.05) is 18.5 Å². The van der Waals surface area contributed by atoms with Crippen LogP contribution in [0.1, 0.15) is 23.2 Å². The van der Waals surface area contributed by atoms with Gasteiger partial charge in [0.2, 0.25) is 5.91 Å². The molecule has 1 amide bonds. The molecule has 1 aliphatic heterocycles. The van der Waals surface area contributed by atoms with E-state index in [1.807, 2.05) is 0 Å². The number of carbonyl (C=O) groups is 2. The molecular weight excluding hydrogens is 270 g/mol. The number of hydrogen-bond acceptors (Lipinski definition) is 3. The standard InChI is InChI=1S/C13H14ClNO4/c14-11-6-9(3-4-10(11)13(17)18)15-12(16)8-2-1-5-19-7-8/h3-4,6,8H,1-2,5,7H2,(H,15,16)(H,17,18). The first-order valence-electron chi connectivity index (χ1n) is 5.99. The van der Waals surface area contributed by atoms with Gasteiger partial charge in [0.05, 0.1) is 23.1 Å². The summed E-state index contributed by atoms with van der Waals surface area (Å²) < 4.78 is 5.25. The van der Waals surface area contributed by atoms with Crippen LogP contribution in [0.15, 0.2) is 18.2 Å². The Bertz CT molecular complexity index is 497. The number of carbonyl (C=O) groups excluding carboxylic acids is 1. The van der Waals surface area contributed by atoms with Gasteiger partial charge in [0.25, 0.3) is 0 Å². The van der Waals surface area contributed by atoms with Gasteiger partial charge in [0.15, 0.2) is 0 Å². The van der Waals surface area contributed by atoms with Crippen LogP contribution >= 0.6 is 11.6 Å². The highest BCUT2D eigenvalue weighted by molar-refractivity contribution is 6.33. The quantitative estimate of drug-likeness (QED) is 0.893. The lowest BCUT2D eigenvalue weighted by Gasteiger charge is -2.21. The lowest BCUT2D eigenvalue weighted by Crippen LogP contribution is -2.30. The monoisotopic (exact) mass is 283 g/mol. The van der Waals surface area contributed by atoms with Crippen molar-refractivity contribution in [3.05, 3.63) is 28.8 Å². The summed E-state index contributed by atoms with van der Waals surface area (Å²) in [6.07, 6.45) is 1.67. The molecule has 19 heavy (non-hydrogen) atoms. The average molecular weight is 284 g/mol. The van der Waals surface area contributed by atoms with Crippen molar-refractivity contribution in [1.82, 2.24) is 0 Å². The van der Waals surface area contributed by atoms with E-state index < -0.39 is 5.97 Å². The Labute approximate surface area is 115 Å². The minimum Gasteiger partial charge on any atom is -0.478 e. The number of ether oxygens (including phenoxy) is 1. The average Bonchev–Trinajstić information content (AvgIpc) is 2.39. The molecule has 1 heterocycles. The normalized spacial score (nSPS) is 18.9. The molecule has 0 aliphatic carbocycles. The molecule has 1 aromatic rings. The molecular formula is C13H14ClNO4. The minimum absolute atomic E-state index is 0.0145. The Balaban J connectivity index is 2.04. The van der Waals surface area contributed by atoms with E-state index in [2.05, 4.69) is 5.32 Å². The van der Waals surface area contributed by atoms with Crippen molar-refractivity contribution in [3.63, 3.8) is 0 Å². The Morgan fingerprint density at radius 1 is 1.42 bits per heavy atom. The summed E-state index contributed by atoms with van der Waals surface area (Å²) in [4.78, 5) is 22.8. The van der Waals surface area contributed by atoms with E-state index >= 15 is 0 Å². The maximum absolute atomic E-state index is 11.9. The Kier molecular flexibility index (Phi) is 4.39. The van der Waals surface area contributed by atoms with Crippen molar-refractivity contribution in [2.45, 2.75) is 12.8 Å². The van der Waals surface area contributed by atoms with E-state index in [1.54, 1.807) is 0 Å². The second-order valence-electron chi connectivity index (χ2n) is 4.40. The zero-order chi connectivity index (χ0) is 13.8. The van der Waals surface area contributed by atoms with Crippen LogP contribution in [0, 0.1) is 5.92 Å². The smallest absolute Gasteiger partial charge is 0.337 e. The third kappa shape index (κ3) is 3.45. The Hall–Kier alpha value is -1.59. The van der Waals surface area contributed by atoms with E-state index in [-0.39, 0.29) is 22.4 Å². The molecule has 0 saturated carbocycles. The van der Waals surface area contributed by atoms with Gasteiger partial charge in [0, 0.05) is 12.3 Å². The first-order valence-corrected chi connectivity index (χ1v) is 6.37. The molecule has 2 N–H and O–H groups in total. The van der Waals surface area contributed by atoms with Gasteiger partial charge in [-0.1, -0.05) is 11.6 Å². The molecule has 5 nitrogen and oxygen atoms in total. The molecule has 102 valence electrons. The van der Waals surface area contributed by atoms with Crippen molar-refractivity contribution >= 4 is 29.2 Å². The first-order chi connectivity index (χ1) is 9.08. The molecule has 1 aliphatic rings. The summed E-state index contributed by atoms with van der Waals surface area (Å²) in [5.41, 5.74) is 0.506. The summed E-state index contributed by atoms with van der Waals surface area (Å²) in [7, 11) is 0. The lowest BCUT2D eigenvalue weighted by atomic mass is 10.0. The number of nitrogens with one attached hydrogen (secondary N) is 1. The second kappa shape index (κ2) is 6.04. The fraction of sp³-hybridized carbons (Fsp3) is 0.385. The van der Waals surface area contributed by atoms with Crippen LogP contribution in [-0.2, 0) is 9.53 Å². The third-order valence-electron chi connectivity index (χ3n) is 3.00. The van der Waals surface area contributed by atoms with E-state index in [1.165, 1.54) is 18.2 Å². The van der Waals surface area contributed by atoms with E-state index in [0.717, 1.165) is 12.8 Å². The molecule has 0 aromatic heterocycles. The van der Waals surface area contributed by atoms with Gasteiger partial charge in [-0.15, -0.1) is 0 Å². The Morgan fingerprint density at radius 2 is 2.21 bits per heavy atom. The molecule has 0 spiro atoms. The predicted molar refractivity (Wildman–Crippen MR) is 70.6 cm³/mol. The van der Waals surface area contributed by atoms with Crippen molar-refractivity contribution in [1.29, 1.82) is 0 Å². The number of carboxylic acid groups (broad SMARTS) is 1. The molecule has 1 saturated heterocycles. The minimum atomic E-state index is -1.09. The predicted octanol–water partition coefficient (Wildman–Crippen LogP) is 2.40. The van der Waals surface area contributed by atoms with Crippen LogP contribution < -0.4 is 5.32 Å². The largest absolute Gasteiger partial charge is 0.478 e. The molecule has 0 radical (unpaired) electrons. The molecule has 6 heteroatoms. The van der Waals surface area contributed by atoms with Crippen LogP contribution in [0.4, 0.5) is 5.69 Å². The van der Waals surface area contributed by atoms with Crippen LogP contribution in [-0.4, -0.2) is 30.2 Å². The zero-order valence-corrected chi connectivity index (χ0v) is 10.9. The maximum atomic E-state index is 11.9. The first kappa shape index (κ1) is 13.8. The molecule has 0 bridgehead atoms. The van der Waals surface area contributed by atoms with Gasteiger partial charge in [0.1, 0.15) is 0 Å². The van der Waals surface area contributed by atoms with Gasteiger partial charge in [-0.3, -0.25) is 4.79 Å². The number of carboxylic acids is 1. The van der Waals surface area contributed by atoms with Crippen LogP contribution in [0.25, 0.3) is 0 Å². The highest BCUT2D eigenvalue weighted by Crippen LogP contribution is 2.22. The highest BCUT2D eigenvalue weighted by atomic mass is 35.5. The van der Waals surface area contributed by atoms with Crippen molar-refractivity contribution in [2.24, 2.45) is 5.92 Å². The molecule has 1 fully saturated rings. The summed E-state index contributed by atoms with van der Waals surface area (Å²) in [6, 6.07) is 4.33. The number of aromatic carboxylic acids is 1. The van der Waals surface area contributed by atoms with E-state index in [4.69, 9.17) is 21.4 Å². The molecule has 1 unspecified atom stereocenters. The number of hydrogen-bond donors (Lipinski definition) is 2. The summed E-state index contributed by atoms with van der Waals surface area (Å²) in [5.74, 6) is -1.38. The zero-order valence-electron chi connectivity index (χ0n) is 10.2. The highest BCUT2D eigenvalue weighted by Gasteiger charge is 2.22. The summed E-state index contributed by atoms with van der Waals surface area (Å²) >= 11 is 5.84. The number of anilines is 1. The third-order valence-corrected chi connectivity index (χ3v) is 3.31. The molecule has 1 atom stereocenters.